The van der Waals surface area contributed by atoms with Gasteiger partial charge in [0.2, 0.25) is 5.91 Å². The Morgan fingerprint density at radius 3 is 2.48 bits per heavy atom. The van der Waals surface area contributed by atoms with Crippen molar-refractivity contribution in [3.05, 3.63) is 75.6 Å². The number of fused-ring (bicyclic) bond motifs is 3. The highest BCUT2D eigenvalue weighted by Crippen LogP contribution is 2.48. The zero-order valence-electron chi connectivity index (χ0n) is 14.9. The maximum absolute atomic E-state index is 15.5. The zero-order chi connectivity index (χ0) is 19.4. The summed E-state index contributed by atoms with van der Waals surface area (Å²) in [5.74, 6) is -0.807. The van der Waals surface area contributed by atoms with E-state index in [4.69, 9.17) is 0 Å². The Bertz CT molecular complexity index is 984. The van der Waals surface area contributed by atoms with Crippen molar-refractivity contribution in [1.82, 2.24) is 5.32 Å². The van der Waals surface area contributed by atoms with Crippen LogP contribution in [-0.4, -0.2) is 17.4 Å². The molecule has 7 heteroatoms. The summed E-state index contributed by atoms with van der Waals surface area (Å²) in [6, 6.07) is 13.0. The van der Waals surface area contributed by atoms with Gasteiger partial charge < -0.3 is 10.2 Å². The number of carbonyl (C=O) groups excluding carboxylic acids is 1. The molecule has 1 saturated heterocycles. The highest BCUT2D eigenvalue weighted by molar-refractivity contribution is 5.89. The third-order valence-electron chi connectivity index (χ3n) is 5.22. The number of nitrogens with one attached hydrogen (secondary N) is 1. The van der Waals surface area contributed by atoms with E-state index in [0.29, 0.717) is 12.1 Å². The van der Waals surface area contributed by atoms with E-state index in [1.165, 1.54) is 30.3 Å². The summed E-state index contributed by atoms with van der Waals surface area (Å²) in [7, 11) is 0. The number of para-hydroxylation sites is 1. The first-order chi connectivity index (χ1) is 12.8. The Balaban J connectivity index is 1.94. The largest absolute Gasteiger partial charge is 0.338 e. The number of hydrogen-bond acceptors (Lipinski definition) is 4. The molecule has 2 aliphatic rings. The summed E-state index contributed by atoms with van der Waals surface area (Å²) in [4.78, 5) is 25.0. The fourth-order valence-electron chi connectivity index (χ4n) is 3.73. The van der Waals surface area contributed by atoms with Crippen molar-refractivity contribution in [3.63, 3.8) is 0 Å². The molecule has 0 radical (unpaired) electrons. The Morgan fingerprint density at radius 1 is 1.15 bits per heavy atom. The topological polar surface area (TPSA) is 75.5 Å². The maximum Gasteiger partial charge on any atom is 0.269 e. The number of nitro benzene ring substituents is 1. The van der Waals surface area contributed by atoms with Gasteiger partial charge in [-0.25, -0.2) is 4.39 Å². The van der Waals surface area contributed by atoms with Crippen LogP contribution in [0.3, 0.4) is 0 Å². The van der Waals surface area contributed by atoms with Gasteiger partial charge in [0.05, 0.1) is 10.3 Å². The van der Waals surface area contributed by atoms with E-state index < -0.39 is 21.8 Å². The molecule has 0 spiro atoms. The fourth-order valence-corrected chi connectivity index (χ4v) is 3.73. The number of benzene rings is 2. The molecule has 1 unspecified atom stereocenters. The number of nitro groups is 1. The minimum Gasteiger partial charge on any atom is -0.338 e. The average Bonchev–Trinajstić information content (AvgIpc) is 2.63. The van der Waals surface area contributed by atoms with Gasteiger partial charge in [0.25, 0.3) is 5.69 Å². The lowest BCUT2D eigenvalue weighted by Gasteiger charge is -2.54. The second-order valence-electron chi connectivity index (χ2n) is 7.49. The molecule has 0 aliphatic carbocycles. The normalized spacial score (nSPS) is 23.0. The third kappa shape index (κ3) is 2.42. The number of nitrogens with zero attached hydrogens (tertiary/aromatic N) is 2. The Kier molecular flexibility index (Phi) is 3.59. The summed E-state index contributed by atoms with van der Waals surface area (Å²) < 4.78 is 15.5. The average molecular weight is 367 g/mol. The van der Waals surface area contributed by atoms with Crippen LogP contribution < -0.4 is 10.2 Å². The van der Waals surface area contributed by atoms with Crippen LogP contribution in [0.15, 0.2) is 54.4 Å². The Hall–Kier alpha value is -3.22. The van der Waals surface area contributed by atoms with Gasteiger partial charge >= 0.3 is 0 Å². The number of hydrogen-bond donors (Lipinski definition) is 1. The molecule has 2 heterocycles. The number of anilines is 1. The SMILES string of the molecule is CC1(C)CN2c3ccccc3C=C(F)C2(c2ccc([N+](=O)[O-])cc2)NC1=O. The summed E-state index contributed by atoms with van der Waals surface area (Å²) in [5.41, 5.74) is -0.389. The number of amides is 1. The lowest BCUT2D eigenvalue weighted by molar-refractivity contribution is -0.384. The molecule has 27 heavy (non-hydrogen) atoms. The molecule has 0 bridgehead atoms. The quantitative estimate of drug-likeness (QED) is 0.648. The number of non-ortho nitro benzene ring substituents is 1. The minimum atomic E-state index is -1.52. The summed E-state index contributed by atoms with van der Waals surface area (Å²) >= 11 is 0. The molecule has 0 aromatic heterocycles. The Morgan fingerprint density at radius 2 is 1.81 bits per heavy atom. The van der Waals surface area contributed by atoms with Crippen molar-refractivity contribution in [3.8, 4) is 0 Å². The van der Waals surface area contributed by atoms with E-state index in [0.717, 1.165) is 11.3 Å². The highest BCUT2D eigenvalue weighted by atomic mass is 19.1. The van der Waals surface area contributed by atoms with Crippen LogP contribution in [0.25, 0.3) is 6.08 Å². The van der Waals surface area contributed by atoms with Crippen molar-refractivity contribution in [2.45, 2.75) is 19.5 Å². The van der Waals surface area contributed by atoms with Gasteiger partial charge in [-0.05, 0) is 38.1 Å². The van der Waals surface area contributed by atoms with Crippen molar-refractivity contribution < 1.29 is 14.1 Å². The smallest absolute Gasteiger partial charge is 0.269 e. The van der Waals surface area contributed by atoms with Gasteiger partial charge in [-0.2, -0.15) is 0 Å². The predicted octanol–water partition coefficient (Wildman–Crippen LogP) is 3.73. The molecule has 1 fully saturated rings. The molecule has 1 atom stereocenters. The lowest BCUT2D eigenvalue weighted by Crippen LogP contribution is -2.69. The number of carbonyl (C=O) groups is 1. The van der Waals surface area contributed by atoms with Gasteiger partial charge in [-0.1, -0.05) is 18.2 Å². The third-order valence-corrected chi connectivity index (χ3v) is 5.22. The van der Waals surface area contributed by atoms with Crippen molar-refractivity contribution >= 4 is 23.4 Å². The van der Waals surface area contributed by atoms with Crippen molar-refractivity contribution in [2.75, 3.05) is 11.4 Å². The minimum absolute atomic E-state index is 0.0928. The molecular formula is C20H18FN3O3. The van der Waals surface area contributed by atoms with Gasteiger partial charge in [-0.3, -0.25) is 14.9 Å². The molecule has 2 aliphatic heterocycles. The monoisotopic (exact) mass is 367 g/mol. The van der Waals surface area contributed by atoms with E-state index in [-0.39, 0.29) is 11.6 Å². The highest BCUT2D eigenvalue weighted by Gasteiger charge is 2.54. The molecule has 1 amide bonds. The molecule has 4 rings (SSSR count). The van der Waals surface area contributed by atoms with Crippen LogP contribution in [0.4, 0.5) is 15.8 Å². The second-order valence-corrected chi connectivity index (χ2v) is 7.49. The van der Waals surface area contributed by atoms with Crippen LogP contribution >= 0.6 is 0 Å². The maximum atomic E-state index is 15.5. The summed E-state index contributed by atoms with van der Waals surface area (Å²) in [6.07, 6.45) is 1.41. The van der Waals surface area contributed by atoms with E-state index in [1.807, 2.05) is 29.2 Å². The van der Waals surface area contributed by atoms with Crippen LogP contribution in [0, 0.1) is 15.5 Å². The molecule has 1 N–H and O–H groups in total. The number of rotatable bonds is 2. The second kappa shape index (κ2) is 5.64. The first kappa shape index (κ1) is 17.2. The summed E-state index contributed by atoms with van der Waals surface area (Å²) in [6.45, 7) is 3.91. The predicted molar refractivity (Wildman–Crippen MR) is 99.6 cm³/mol. The molecule has 2 aromatic carbocycles. The van der Waals surface area contributed by atoms with Crippen molar-refractivity contribution in [1.29, 1.82) is 0 Å². The Labute approximate surface area is 155 Å². The van der Waals surface area contributed by atoms with E-state index >= 15 is 4.39 Å². The van der Waals surface area contributed by atoms with Crippen LogP contribution in [-0.2, 0) is 10.5 Å². The van der Waals surface area contributed by atoms with Gasteiger partial charge in [-0.15, -0.1) is 0 Å². The molecular weight excluding hydrogens is 349 g/mol. The van der Waals surface area contributed by atoms with E-state index in [9.17, 15) is 14.9 Å². The van der Waals surface area contributed by atoms with Gasteiger partial charge in [0.15, 0.2) is 11.5 Å². The van der Waals surface area contributed by atoms with Gasteiger partial charge in [0, 0.05) is 35.5 Å². The standard InChI is InChI=1S/C20H18FN3O3/c1-19(2)12-23-16-6-4-3-5-13(16)11-17(21)20(23,22-18(19)25)14-7-9-15(10-8-14)24(26)27/h3-11H,12H2,1-2H3,(H,22,25). The van der Waals surface area contributed by atoms with Gasteiger partial charge in [0.1, 0.15) is 0 Å². The van der Waals surface area contributed by atoms with E-state index in [1.54, 1.807) is 13.8 Å². The molecule has 6 nitrogen and oxygen atoms in total. The van der Waals surface area contributed by atoms with Crippen LogP contribution in [0.5, 0.6) is 0 Å². The zero-order valence-corrected chi connectivity index (χ0v) is 14.9. The summed E-state index contributed by atoms with van der Waals surface area (Å²) in [5, 5.41) is 13.8. The van der Waals surface area contributed by atoms with Crippen LogP contribution in [0.2, 0.25) is 0 Å². The lowest BCUT2D eigenvalue weighted by atomic mass is 9.80. The van der Waals surface area contributed by atoms with E-state index in [2.05, 4.69) is 5.32 Å². The molecule has 2 aromatic rings. The first-order valence-electron chi connectivity index (χ1n) is 8.57. The molecule has 138 valence electrons. The van der Waals surface area contributed by atoms with Crippen molar-refractivity contribution in [2.24, 2.45) is 5.41 Å². The first-order valence-corrected chi connectivity index (χ1v) is 8.57. The van der Waals surface area contributed by atoms with Crippen LogP contribution in [0.1, 0.15) is 25.0 Å². The number of halogens is 1. The molecule has 0 saturated carbocycles. The fraction of sp³-hybridized carbons (Fsp3) is 0.250.